The number of hydrogen-bond acceptors (Lipinski definition) is 1. The van der Waals surface area contributed by atoms with Crippen molar-refractivity contribution < 1.29 is 8.78 Å². The van der Waals surface area contributed by atoms with Crippen LogP contribution in [0.15, 0.2) is 29.3 Å². The first kappa shape index (κ1) is 14.3. The van der Waals surface area contributed by atoms with E-state index in [1.54, 1.807) is 6.08 Å². The number of benzene rings is 1. The molecule has 1 aromatic carbocycles. The van der Waals surface area contributed by atoms with E-state index in [2.05, 4.69) is 27.8 Å². The molecule has 1 unspecified atom stereocenters. The molecule has 0 saturated carbocycles. The fraction of sp³-hybridized carbons (Fsp3) is 0.385. The van der Waals surface area contributed by atoms with Gasteiger partial charge in [0.05, 0.1) is 4.47 Å². The van der Waals surface area contributed by atoms with Crippen LogP contribution >= 0.6 is 15.9 Å². The molecule has 0 heterocycles. The highest BCUT2D eigenvalue weighted by Gasteiger charge is 2.20. The lowest BCUT2D eigenvalue weighted by Gasteiger charge is -2.19. The van der Waals surface area contributed by atoms with Crippen LogP contribution in [-0.2, 0) is 0 Å². The van der Waals surface area contributed by atoms with Crippen LogP contribution in [0.4, 0.5) is 8.78 Å². The first-order valence-electron chi connectivity index (χ1n) is 5.59. The van der Waals surface area contributed by atoms with E-state index in [1.165, 1.54) is 12.1 Å². The predicted octanol–water partition coefficient (Wildman–Crippen LogP) is 4.34. The van der Waals surface area contributed by atoms with Gasteiger partial charge in [0, 0.05) is 11.6 Å². The summed E-state index contributed by atoms with van der Waals surface area (Å²) < 4.78 is 27.9. The SMILES string of the molecule is C=CCC(NCCC)c1c(F)ccc(Br)c1F. The molecular formula is C13H16BrF2N. The van der Waals surface area contributed by atoms with E-state index in [0.717, 1.165) is 6.42 Å². The van der Waals surface area contributed by atoms with E-state index in [9.17, 15) is 8.78 Å². The maximum absolute atomic E-state index is 13.9. The molecule has 0 amide bonds. The number of halogens is 3. The van der Waals surface area contributed by atoms with Crippen molar-refractivity contribution in [2.24, 2.45) is 0 Å². The Bertz CT molecular complexity index is 393. The van der Waals surface area contributed by atoms with Crippen LogP contribution in [0.5, 0.6) is 0 Å². The quantitative estimate of drug-likeness (QED) is 0.609. The Morgan fingerprint density at radius 1 is 1.47 bits per heavy atom. The summed E-state index contributed by atoms with van der Waals surface area (Å²) in [5.74, 6) is -1.07. The molecule has 0 aliphatic rings. The van der Waals surface area contributed by atoms with E-state index in [0.29, 0.717) is 13.0 Å². The first-order chi connectivity index (χ1) is 8.11. The van der Waals surface area contributed by atoms with Crippen molar-refractivity contribution in [3.8, 4) is 0 Å². The Morgan fingerprint density at radius 2 is 2.18 bits per heavy atom. The van der Waals surface area contributed by atoms with Gasteiger partial charge in [0.15, 0.2) is 0 Å². The van der Waals surface area contributed by atoms with Gasteiger partial charge < -0.3 is 5.32 Å². The fourth-order valence-corrected chi connectivity index (χ4v) is 2.00. The molecule has 1 N–H and O–H groups in total. The van der Waals surface area contributed by atoms with Gasteiger partial charge in [-0.15, -0.1) is 6.58 Å². The third kappa shape index (κ3) is 3.61. The zero-order valence-electron chi connectivity index (χ0n) is 9.77. The molecule has 0 aromatic heterocycles. The van der Waals surface area contributed by atoms with Gasteiger partial charge in [0.2, 0.25) is 0 Å². The lowest BCUT2D eigenvalue weighted by atomic mass is 10.0. The zero-order valence-corrected chi connectivity index (χ0v) is 11.4. The third-order valence-corrected chi connectivity index (χ3v) is 3.08. The van der Waals surface area contributed by atoms with Crippen LogP contribution in [0, 0.1) is 11.6 Å². The van der Waals surface area contributed by atoms with Crippen molar-refractivity contribution in [1.29, 1.82) is 0 Å². The second kappa shape index (κ2) is 6.87. The van der Waals surface area contributed by atoms with Crippen molar-refractivity contribution in [3.63, 3.8) is 0 Å². The van der Waals surface area contributed by atoms with Crippen molar-refractivity contribution in [2.75, 3.05) is 6.54 Å². The maximum Gasteiger partial charge on any atom is 0.145 e. The molecular weight excluding hydrogens is 288 g/mol. The molecule has 4 heteroatoms. The molecule has 1 rings (SSSR count). The van der Waals surface area contributed by atoms with Crippen LogP contribution in [0.1, 0.15) is 31.4 Å². The van der Waals surface area contributed by atoms with E-state index in [1.807, 2.05) is 6.92 Å². The Labute approximate surface area is 109 Å². The lowest BCUT2D eigenvalue weighted by Crippen LogP contribution is -2.23. The molecule has 0 fully saturated rings. The summed E-state index contributed by atoms with van der Waals surface area (Å²) in [7, 11) is 0. The molecule has 1 aromatic rings. The molecule has 0 spiro atoms. The largest absolute Gasteiger partial charge is 0.309 e. The fourth-order valence-electron chi connectivity index (χ4n) is 1.65. The number of nitrogens with one attached hydrogen (secondary N) is 1. The minimum atomic E-state index is -0.541. The van der Waals surface area contributed by atoms with Crippen LogP contribution in [0.25, 0.3) is 0 Å². The molecule has 0 aliphatic heterocycles. The normalized spacial score (nSPS) is 12.5. The lowest BCUT2D eigenvalue weighted by molar-refractivity contribution is 0.467. The summed E-state index contributed by atoms with van der Waals surface area (Å²) in [5.41, 5.74) is 0.0766. The number of rotatable bonds is 6. The van der Waals surface area contributed by atoms with Crippen molar-refractivity contribution in [1.82, 2.24) is 5.32 Å². The molecule has 94 valence electrons. The molecule has 0 radical (unpaired) electrons. The van der Waals surface area contributed by atoms with Gasteiger partial charge in [-0.05, 0) is 47.4 Å². The van der Waals surface area contributed by atoms with Crippen LogP contribution in [0.3, 0.4) is 0 Å². The van der Waals surface area contributed by atoms with E-state index in [-0.39, 0.29) is 16.1 Å². The van der Waals surface area contributed by atoms with Gasteiger partial charge in [0.25, 0.3) is 0 Å². The second-order valence-electron chi connectivity index (χ2n) is 3.79. The minimum absolute atomic E-state index is 0.0766. The Balaban J connectivity index is 3.07. The Morgan fingerprint density at radius 3 is 2.76 bits per heavy atom. The maximum atomic E-state index is 13.9. The topological polar surface area (TPSA) is 12.0 Å². The predicted molar refractivity (Wildman–Crippen MR) is 69.9 cm³/mol. The van der Waals surface area contributed by atoms with Gasteiger partial charge in [-0.2, -0.15) is 0 Å². The van der Waals surface area contributed by atoms with Gasteiger partial charge in [-0.1, -0.05) is 13.0 Å². The van der Waals surface area contributed by atoms with Gasteiger partial charge >= 0.3 is 0 Å². The van der Waals surface area contributed by atoms with Gasteiger partial charge in [-0.25, -0.2) is 8.78 Å². The zero-order chi connectivity index (χ0) is 12.8. The average molecular weight is 304 g/mol. The van der Waals surface area contributed by atoms with Crippen molar-refractivity contribution >= 4 is 15.9 Å². The Hall–Kier alpha value is -0.740. The summed E-state index contributed by atoms with van der Waals surface area (Å²) >= 11 is 3.07. The summed E-state index contributed by atoms with van der Waals surface area (Å²) in [4.78, 5) is 0. The molecule has 0 saturated heterocycles. The van der Waals surface area contributed by atoms with Crippen molar-refractivity contribution in [3.05, 3.63) is 46.5 Å². The smallest absolute Gasteiger partial charge is 0.145 e. The monoisotopic (exact) mass is 303 g/mol. The standard InChI is InChI=1S/C13H16BrF2N/c1-3-5-11(17-8-4-2)12-10(15)7-6-9(14)13(12)16/h3,6-7,11,17H,1,4-5,8H2,2H3. The van der Waals surface area contributed by atoms with Crippen LogP contribution in [-0.4, -0.2) is 6.54 Å². The highest BCUT2D eigenvalue weighted by molar-refractivity contribution is 9.10. The summed E-state index contributed by atoms with van der Waals surface area (Å²) in [6.07, 6.45) is 3.06. The van der Waals surface area contributed by atoms with E-state index < -0.39 is 11.6 Å². The molecule has 1 nitrogen and oxygen atoms in total. The molecule has 0 bridgehead atoms. The summed E-state index contributed by atoms with van der Waals surface area (Å²) in [6, 6.07) is 2.27. The highest BCUT2D eigenvalue weighted by Crippen LogP contribution is 2.28. The van der Waals surface area contributed by atoms with Crippen LogP contribution < -0.4 is 5.32 Å². The van der Waals surface area contributed by atoms with E-state index in [4.69, 9.17) is 0 Å². The van der Waals surface area contributed by atoms with Gasteiger partial charge in [-0.3, -0.25) is 0 Å². The van der Waals surface area contributed by atoms with Gasteiger partial charge in [0.1, 0.15) is 11.6 Å². The highest BCUT2D eigenvalue weighted by atomic mass is 79.9. The average Bonchev–Trinajstić information content (AvgIpc) is 2.31. The number of hydrogen-bond donors (Lipinski definition) is 1. The summed E-state index contributed by atoms with van der Waals surface area (Å²) in [6.45, 7) is 6.34. The Kier molecular flexibility index (Phi) is 5.78. The van der Waals surface area contributed by atoms with E-state index >= 15 is 0 Å². The molecule has 1 atom stereocenters. The second-order valence-corrected chi connectivity index (χ2v) is 4.64. The molecule has 0 aliphatic carbocycles. The molecule has 17 heavy (non-hydrogen) atoms. The first-order valence-corrected chi connectivity index (χ1v) is 6.38. The minimum Gasteiger partial charge on any atom is -0.309 e. The summed E-state index contributed by atoms with van der Waals surface area (Å²) in [5, 5.41) is 3.12. The van der Waals surface area contributed by atoms with Crippen LogP contribution in [0.2, 0.25) is 0 Å². The van der Waals surface area contributed by atoms with Crippen molar-refractivity contribution in [2.45, 2.75) is 25.8 Å². The third-order valence-electron chi connectivity index (χ3n) is 2.47.